The van der Waals surface area contributed by atoms with E-state index in [1.807, 2.05) is 0 Å². The number of hydrogen-bond acceptors (Lipinski definition) is 4. The van der Waals surface area contributed by atoms with Gasteiger partial charge in [0.2, 0.25) is 0 Å². The predicted molar refractivity (Wildman–Crippen MR) is 57.1 cm³/mol. The Morgan fingerprint density at radius 3 is 2.81 bits per heavy atom. The molecule has 1 heterocycles. The van der Waals surface area contributed by atoms with Gasteiger partial charge < -0.3 is 20.1 Å². The van der Waals surface area contributed by atoms with Gasteiger partial charge in [-0.1, -0.05) is 0 Å². The van der Waals surface area contributed by atoms with Gasteiger partial charge in [0.1, 0.15) is 11.7 Å². The Balaban J connectivity index is 2.11. The molecule has 0 bridgehead atoms. The SMILES string of the molecule is CC(C)(C)OC(=O)NCCC1CNC(=O)O1. The van der Waals surface area contributed by atoms with Gasteiger partial charge >= 0.3 is 12.2 Å². The van der Waals surface area contributed by atoms with Crippen LogP contribution in [-0.4, -0.2) is 37.0 Å². The molecule has 0 aromatic rings. The first-order chi connectivity index (χ1) is 7.37. The first-order valence-electron chi connectivity index (χ1n) is 5.28. The number of carbonyl (C=O) groups is 2. The van der Waals surface area contributed by atoms with Crippen LogP contribution in [0.25, 0.3) is 0 Å². The van der Waals surface area contributed by atoms with Crippen LogP contribution in [0.4, 0.5) is 9.59 Å². The van der Waals surface area contributed by atoms with Crippen LogP contribution in [0.3, 0.4) is 0 Å². The van der Waals surface area contributed by atoms with Crippen LogP contribution in [0.15, 0.2) is 0 Å². The fraction of sp³-hybridized carbons (Fsp3) is 0.800. The average Bonchev–Trinajstić information content (AvgIpc) is 2.48. The highest BCUT2D eigenvalue weighted by atomic mass is 16.6. The van der Waals surface area contributed by atoms with Crippen molar-refractivity contribution in [3.8, 4) is 0 Å². The molecule has 16 heavy (non-hydrogen) atoms. The van der Waals surface area contributed by atoms with Crippen molar-refractivity contribution >= 4 is 12.2 Å². The lowest BCUT2D eigenvalue weighted by atomic mass is 10.2. The molecule has 0 aromatic heterocycles. The summed E-state index contributed by atoms with van der Waals surface area (Å²) in [4.78, 5) is 21.9. The molecule has 1 fully saturated rings. The number of carbonyl (C=O) groups excluding carboxylic acids is 2. The molecule has 1 aliphatic heterocycles. The molecule has 1 aliphatic rings. The molecular weight excluding hydrogens is 212 g/mol. The van der Waals surface area contributed by atoms with Gasteiger partial charge in [-0.2, -0.15) is 0 Å². The van der Waals surface area contributed by atoms with Crippen LogP contribution in [0.5, 0.6) is 0 Å². The van der Waals surface area contributed by atoms with Crippen molar-refractivity contribution in [1.82, 2.24) is 10.6 Å². The number of rotatable bonds is 3. The summed E-state index contributed by atoms with van der Waals surface area (Å²) in [6, 6.07) is 0. The standard InChI is InChI=1S/C10H18N2O4/c1-10(2,3)16-9(14)11-5-4-7-6-12-8(13)15-7/h7H,4-6H2,1-3H3,(H,11,14)(H,12,13). The summed E-state index contributed by atoms with van der Waals surface area (Å²) in [5.74, 6) is 0. The van der Waals surface area contributed by atoms with E-state index in [9.17, 15) is 9.59 Å². The van der Waals surface area contributed by atoms with Crippen LogP contribution < -0.4 is 10.6 Å². The van der Waals surface area contributed by atoms with Crippen molar-refractivity contribution in [1.29, 1.82) is 0 Å². The lowest BCUT2D eigenvalue weighted by Gasteiger charge is -2.19. The van der Waals surface area contributed by atoms with Crippen molar-refractivity contribution in [3.63, 3.8) is 0 Å². The molecule has 1 rings (SSSR count). The molecule has 0 aliphatic carbocycles. The van der Waals surface area contributed by atoms with Crippen molar-refractivity contribution in [2.75, 3.05) is 13.1 Å². The van der Waals surface area contributed by atoms with Crippen molar-refractivity contribution in [2.24, 2.45) is 0 Å². The van der Waals surface area contributed by atoms with E-state index in [4.69, 9.17) is 9.47 Å². The van der Waals surface area contributed by atoms with Gasteiger partial charge in [-0.05, 0) is 20.8 Å². The van der Waals surface area contributed by atoms with E-state index < -0.39 is 17.8 Å². The summed E-state index contributed by atoms with van der Waals surface area (Å²) in [6.07, 6.45) is -0.438. The van der Waals surface area contributed by atoms with Gasteiger partial charge in [0, 0.05) is 13.0 Å². The van der Waals surface area contributed by atoms with Crippen molar-refractivity contribution in [3.05, 3.63) is 0 Å². The van der Waals surface area contributed by atoms with Gasteiger partial charge in [0.05, 0.1) is 6.54 Å². The fourth-order valence-electron chi connectivity index (χ4n) is 1.24. The highest BCUT2D eigenvalue weighted by Gasteiger charge is 2.22. The molecule has 2 N–H and O–H groups in total. The Labute approximate surface area is 94.7 Å². The van der Waals surface area contributed by atoms with Gasteiger partial charge in [-0.3, -0.25) is 0 Å². The van der Waals surface area contributed by atoms with E-state index in [1.165, 1.54) is 0 Å². The van der Waals surface area contributed by atoms with Gasteiger partial charge in [0.15, 0.2) is 0 Å². The minimum Gasteiger partial charge on any atom is -0.444 e. The van der Waals surface area contributed by atoms with Gasteiger partial charge in [0.25, 0.3) is 0 Å². The van der Waals surface area contributed by atoms with E-state index in [0.29, 0.717) is 19.5 Å². The smallest absolute Gasteiger partial charge is 0.407 e. The molecule has 1 unspecified atom stereocenters. The summed E-state index contributed by atoms with van der Waals surface area (Å²) >= 11 is 0. The second-order valence-corrected chi connectivity index (χ2v) is 4.63. The predicted octanol–water partition coefficient (Wildman–Crippen LogP) is 1.01. The quantitative estimate of drug-likeness (QED) is 0.758. The minimum atomic E-state index is -0.495. The number of amides is 2. The van der Waals surface area contributed by atoms with Crippen molar-refractivity contribution < 1.29 is 19.1 Å². The van der Waals surface area contributed by atoms with Crippen LogP contribution in [0.2, 0.25) is 0 Å². The van der Waals surface area contributed by atoms with Gasteiger partial charge in [-0.15, -0.1) is 0 Å². The maximum Gasteiger partial charge on any atom is 0.407 e. The molecular formula is C10H18N2O4. The maximum atomic E-state index is 11.2. The van der Waals surface area contributed by atoms with E-state index >= 15 is 0 Å². The van der Waals surface area contributed by atoms with E-state index in [2.05, 4.69) is 10.6 Å². The molecule has 0 saturated carbocycles. The topological polar surface area (TPSA) is 76.7 Å². The minimum absolute atomic E-state index is 0.164. The summed E-state index contributed by atoms with van der Waals surface area (Å²) in [5.41, 5.74) is -0.495. The Hall–Kier alpha value is -1.46. The largest absolute Gasteiger partial charge is 0.444 e. The first kappa shape index (κ1) is 12.6. The second-order valence-electron chi connectivity index (χ2n) is 4.63. The Morgan fingerprint density at radius 1 is 1.62 bits per heavy atom. The molecule has 2 amide bonds. The average molecular weight is 230 g/mol. The molecule has 0 radical (unpaired) electrons. The normalized spacial score (nSPS) is 19.9. The third kappa shape index (κ3) is 4.86. The third-order valence-corrected chi connectivity index (χ3v) is 1.88. The lowest BCUT2D eigenvalue weighted by molar-refractivity contribution is 0.0520. The lowest BCUT2D eigenvalue weighted by Crippen LogP contribution is -2.34. The zero-order chi connectivity index (χ0) is 12.2. The van der Waals surface area contributed by atoms with Crippen LogP contribution in [-0.2, 0) is 9.47 Å². The van der Waals surface area contributed by atoms with Crippen LogP contribution in [0, 0.1) is 0 Å². The Bertz CT molecular complexity index is 272. The van der Waals surface area contributed by atoms with Crippen LogP contribution >= 0.6 is 0 Å². The molecule has 1 saturated heterocycles. The molecule has 6 nitrogen and oxygen atoms in total. The zero-order valence-electron chi connectivity index (χ0n) is 9.83. The molecule has 1 atom stereocenters. The van der Waals surface area contributed by atoms with Crippen LogP contribution in [0.1, 0.15) is 27.2 Å². The highest BCUT2D eigenvalue weighted by Crippen LogP contribution is 2.07. The van der Waals surface area contributed by atoms with E-state index in [0.717, 1.165) is 0 Å². The summed E-state index contributed by atoms with van der Waals surface area (Å²) in [7, 11) is 0. The number of nitrogens with one attached hydrogen (secondary N) is 2. The van der Waals surface area contributed by atoms with E-state index in [-0.39, 0.29) is 6.10 Å². The number of hydrogen-bond donors (Lipinski definition) is 2. The van der Waals surface area contributed by atoms with Gasteiger partial charge in [-0.25, -0.2) is 9.59 Å². The summed E-state index contributed by atoms with van der Waals surface area (Å²) < 4.78 is 9.95. The van der Waals surface area contributed by atoms with Crippen molar-refractivity contribution in [2.45, 2.75) is 38.9 Å². The number of ether oxygens (including phenoxy) is 2. The number of cyclic esters (lactones) is 1. The Morgan fingerprint density at radius 2 is 2.31 bits per heavy atom. The van der Waals surface area contributed by atoms with E-state index in [1.54, 1.807) is 20.8 Å². The molecule has 6 heteroatoms. The summed E-state index contributed by atoms with van der Waals surface area (Å²) in [6.45, 7) is 6.32. The zero-order valence-corrected chi connectivity index (χ0v) is 9.83. The molecule has 0 aromatic carbocycles. The highest BCUT2D eigenvalue weighted by molar-refractivity contribution is 5.69. The molecule has 92 valence electrons. The molecule has 0 spiro atoms. The maximum absolute atomic E-state index is 11.2. The fourth-order valence-corrected chi connectivity index (χ4v) is 1.24. The summed E-state index contributed by atoms with van der Waals surface area (Å²) in [5, 5.41) is 5.14. The first-order valence-corrected chi connectivity index (χ1v) is 5.28. The number of alkyl carbamates (subject to hydrolysis) is 2. The Kier molecular flexibility index (Phi) is 3.98. The second kappa shape index (κ2) is 5.05. The third-order valence-electron chi connectivity index (χ3n) is 1.88. The monoisotopic (exact) mass is 230 g/mol.